The summed E-state index contributed by atoms with van der Waals surface area (Å²) in [7, 11) is 0. The van der Waals surface area contributed by atoms with Crippen LogP contribution in [0.3, 0.4) is 0 Å². The third kappa shape index (κ3) is 2.84. The van der Waals surface area contributed by atoms with Crippen molar-refractivity contribution >= 4 is 5.91 Å². The number of benzene rings is 1. The second-order valence-corrected chi connectivity index (χ2v) is 5.16. The maximum absolute atomic E-state index is 12.0. The van der Waals surface area contributed by atoms with Gasteiger partial charge in [-0.05, 0) is 53.5 Å². The third-order valence-electron chi connectivity index (χ3n) is 3.77. The molecule has 1 amide bonds. The number of carbonyl (C=O) groups is 1. The number of hydrogen-bond acceptors (Lipinski definition) is 4. The molecule has 1 aromatic heterocycles. The smallest absolute Gasteiger partial charge is 0.251 e. The van der Waals surface area contributed by atoms with Crippen molar-refractivity contribution in [2.45, 2.75) is 25.7 Å². The van der Waals surface area contributed by atoms with Gasteiger partial charge in [0.15, 0.2) is 0 Å². The van der Waals surface area contributed by atoms with Crippen molar-refractivity contribution in [2.75, 3.05) is 6.54 Å². The average molecular weight is 271 g/mol. The van der Waals surface area contributed by atoms with E-state index in [2.05, 4.69) is 20.8 Å². The SMILES string of the molecule is O=C(NCC1CCCC1)c1ccc(-n2cnnn2)cc1. The van der Waals surface area contributed by atoms with Crippen LogP contribution in [0, 0.1) is 5.92 Å². The second-order valence-electron chi connectivity index (χ2n) is 5.16. The maximum atomic E-state index is 12.0. The van der Waals surface area contributed by atoms with Gasteiger partial charge in [0.25, 0.3) is 5.91 Å². The first-order valence-electron chi connectivity index (χ1n) is 6.94. The summed E-state index contributed by atoms with van der Waals surface area (Å²) < 4.78 is 1.56. The zero-order valence-electron chi connectivity index (χ0n) is 11.2. The first-order chi connectivity index (χ1) is 9.83. The largest absolute Gasteiger partial charge is 0.352 e. The van der Waals surface area contributed by atoms with Crippen molar-refractivity contribution in [3.63, 3.8) is 0 Å². The van der Waals surface area contributed by atoms with E-state index in [1.807, 2.05) is 12.1 Å². The topological polar surface area (TPSA) is 72.7 Å². The molecule has 1 fully saturated rings. The van der Waals surface area contributed by atoms with Crippen LogP contribution in [0.25, 0.3) is 5.69 Å². The van der Waals surface area contributed by atoms with Crippen LogP contribution in [0.5, 0.6) is 0 Å². The van der Waals surface area contributed by atoms with Gasteiger partial charge >= 0.3 is 0 Å². The Morgan fingerprint density at radius 1 is 1.25 bits per heavy atom. The van der Waals surface area contributed by atoms with Gasteiger partial charge in [-0.15, -0.1) is 5.10 Å². The van der Waals surface area contributed by atoms with Crippen LogP contribution in [0.4, 0.5) is 0 Å². The van der Waals surface area contributed by atoms with Crippen molar-refractivity contribution in [1.29, 1.82) is 0 Å². The van der Waals surface area contributed by atoms with Crippen LogP contribution in [0.1, 0.15) is 36.0 Å². The van der Waals surface area contributed by atoms with E-state index in [1.165, 1.54) is 32.0 Å². The van der Waals surface area contributed by atoms with Gasteiger partial charge in [0.1, 0.15) is 6.33 Å². The number of rotatable bonds is 4. The second kappa shape index (κ2) is 5.81. The molecular formula is C14H17N5O. The molecule has 104 valence electrons. The Balaban J connectivity index is 1.60. The lowest BCUT2D eigenvalue weighted by Crippen LogP contribution is -2.28. The molecule has 1 N–H and O–H groups in total. The van der Waals surface area contributed by atoms with E-state index in [4.69, 9.17) is 0 Å². The molecule has 1 aliphatic carbocycles. The summed E-state index contributed by atoms with van der Waals surface area (Å²) in [5.41, 5.74) is 1.50. The molecule has 0 saturated heterocycles. The standard InChI is InChI=1S/C14H17N5O/c20-14(15-9-11-3-1-2-4-11)12-5-7-13(8-6-12)19-10-16-17-18-19/h5-8,10-11H,1-4,9H2,(H,15,20). The Bertz CT molecular complexity index is 558. The quantitative estimate of drug-likeness (QED) is 0.916. The van der Waals surface area contributed by atoms with Crippen molar-refractivity contribution in [3.8, 4) is 5.69 Å². The molecule has 6 heteroatoms. The predicted octanol–water partition coefficient (Wildman–Crippen LogP) is 1.58. The number of nitrogens with one attached hydrogen (secondary N) is 1. The number of tetrazole rings is 1. The van der Waals surface area contributed by atoms with Gasteiger partial charge in [0.2, 0.25) is 0 Å². The summed E-state index contributed by atoms with van der Waals surface area (Å²) in [5, 5.41) is 14.0. The highest BCUT2D eigenvalue weighted by molar-refractivity contribution is 5.94. The first-order valence-corrected chi connectivity index (χ1v) is 6.94. The van der Waals surface area contributed by atoms with Gasteiger partial charge < -0.3 is 5.32 Å². The fourth-order valence-corrected chi connectivity index (χ4v) is 2.60. The summed E-state index contributed by atoms with van der Waals surface area (Å²) in [6.45, 7) is 0.785. The fraction of sp³-hybridized carbons (Fsp3) is 0.429. The molecule has 1 aliphatic rings. The van der Waals surface area contributed by atoms with Crippen LogP contribution in [0.2, 0.25) is 0 Å². The lowest BCUT2D eigenvalue weighted by atomic mass is 10.1. The number of carbonyl (C=O) groups excluding carboxylic acids is 1. The van der Waals surface area contributed by atoms with Crippen LogP contribution in [0.15, 0.2) is 30.6 Å². The lowest BCUT2D eigenvalue weighted by molar-refractivity contribution is 0.0947. The number of amides is 1. The van der Waals surface area contributed by atoms with Crippen LogP contribution in [-0.2, 0) is 0 Å². The number of aromatic nitrogens is 4. The molecule has 1 heterocycles. The molecule has 0 spiro atoms. The van der Waals surface area contributed by atoms with Crippen LogP contribution < -0.4 is 5.32 Å². The minimum Gasteiger partial charge on any atom is -0.352 e. The molecule has 6 nitrogen and oxygen atoms in total. The van der Waals surface area contributed by atoms with Gasteiger partial charge in [0, 0.05) is 12.1 Å². The van der Waals surface area contributed by atoms with Crippen molar-refractivity contribution in [2.24, 2.45) is 5.92 Å². The van der Waals surface area contributed by atoms with Gasteiger partial charge in [-0.2, -0.15) is 0 Å². The van der Waals surface area contributed by atoms with Gasteiger partial charge in [-0.3, -0.25) is 4.79 Å². The van der Waals surface area contributed by atoms with E-state index >= 15 is 0 Å². The van der Waals surface area contributed by atoms with Gasteiger partial charge in [-0.1, -0.05) is 12.8 Å². The van der Waals surface area contributed by atoms with Crippen LogP contribution in [-0.4, -0.2) is 32.7 Å². The van der Waals surface area contributed by atoms with Crippen molar-refractivity contribution in [1.82, 2.24) is 25.5 Å². The molecule has 3 rings (SSSR count). The highest BCUT2D eigenvalue weighted by atomic mass is 16.1. The molecular weight excluding hydrogens is 254 g/mol. The molecule has 1 aromatic carbocycles. The summed E-state index contributed by atoms with van der Waals surface area (Å²) in [5.74, 6) is 0.639. The molecule has 0 radical (unpaired) electrons. The van der Waals surface area contributed by atoms with E-state index in [0.29, 0.717) is 11.5 Å². The zero-order chi connectivity index (χ0) is 13.8. The van der Waals surface area contributed by atoms with E-state index in [0.717, 1.165) is 12.2 Å². The van der Waals surface area contributed by atoms with Crippen LogP contribution >= 0.6 is 0 Å². The Morgan fingerprint density at radius 2 is 2.00 bits per heavy atom. The molecule has 0 atom stereocenters. The molecule has 0 aliphatic heterocycles. The minimum atomic E-state index is -0.0137. The highest BCUT2D eigenvalue weighted by Crippen LogP contribution is 2.23. The lowest BCUT2D eigenvalue weighted by Gasteiger charge is -2.10. The van der Waals surface area contributed by atoms with Gasteiger partial charge in [0.05, 0.1) is 5.69 Å². The van der Waals surface area contributed by atoms with E-state index < -0.39 is 0 Å². The maximum Gasteiger partial charge on any atom is 0.251 e. The van der Waals surface area contributed by atoms with Crippen molar-refractivity contribution in [3.05, 3.63) is 36.2 Å². The Labute approximate surface area is 117 Å². The normalized spacial score (nSPS) is 15.4. The Kier molecular flexibility index (Phi) is 3.71. The fourth-order valence-electron chi connectivity index (χ4n) is 2.60. The predicted molar refractivity (Wildman–Crippen MR) is 73.4 cm³/mol. The summed E-state index contributed by atoms with van der Waals surface area (Å²) >= 11 is 0. The average Bonchev–Trinajstić information content (AvgIpc) is 3.18. The van der Waals surface area contributed by atoms with Crippen molar-refractivity contribution < 1.29 is 4.79 Å². The number of nitrogens with zero attached hydrogens (tertiary/aromatic N) is 4. The molecule has 0 bridgehead atoms. The van der Waals surface area contributed by atoms with E-state index in [1.54, 1.807) is 16.8 Å². The molecule has 1 saturated carbocycles. The molecule has 2 aromatic rings. The first kappa shape index (κ1) is 12.8. The minimum absolute atomic E-state index is 0.0137. The highest BCUT2D eigenvalue weighted by Gasteiger charge is 2.16. The summed E-state index contributed by atoms with van der Waals surface area (Å²) in [6.07, 6.45) is 6.58. The summed E-state index contributed by atoms with van der Waals surface area (Å²) in [6, 6.07) is 7.25. The van der Waals surface area contributed by atoms with Gasteiger partial charge in [-0.25, -0.2) is 4.68 Å². The summed E-state index contributed by atoms with van der Waals surface area (Å²) in [4.78, 5) is 12.0. The monoisotopic (exact) mass is 271 g/mol. The number of hydrogen-bond donors (Lipinski definition) is 1. The molecule has 0 unspecified atom stereocenters. The Hall–Kier alpha value is -2.24. The zero-order valence-corrected chi connectivity index (χ0v) is 11.2. The van der Waals surface area contributed by atoms with E-state index in [9.17, 15) is 4.79 Å². The Morgan fingerprint density at radius 3 is 2.65 bits per heavy atom. The third-order valence-corrected chi connectivity index (χ3v) is 3.77. The van der Waals surface area contributed by atoms with E-state index in [-0.39, 0.29) is 5.91 Å². The molecule has 20 heavy (non-hydrogen) atoms.